The van der Waals surface area contributed by atoms with Gasteiger partial charge in [0.2, 0.25) is 0 Å². The van der Waals surface area contributed by atoms with Crippen LogP contribution >= 0.6 is 22.6 Å². The lowest BCUT2D eigenvalue weighted by Gasteiger charge is -2.12. The molecule has 0 saturated heterocycles. The van der Waals surface area contributed by atoms with Crippen molar-refractivity contribution in [2.75, 3.05) is 0 Å². The smallest absolute Gasteiger partial charge is 0.0757 e. The zero-order valence-corrected chi connectivity index (χ0v) is 11.4. The van der Waals surface area contributed by atoms with Crippen LogP contribution in [-0.4, -0.2) is 6.10 Å². The van der Waals surface area contributed by atoms with Crippen molar-refractivity contribution < 1.29 is 4.74 Å². The highest BCUT2D eigenvalue weighted by atomic mass is 127. The first kappa shape index (κ1) is 12.7. The Labute approximate surface area is 106 Å². The van der Waals surface area contributed by atoms with Crippen molar-refractivity contribution in [3.8, 4) is 0 Å². The highest BCUT2D eigenvalue weighted by Gasteiger charge is 2.03. The highest BCUT2D eigenvalue weighted by Crippen LogP contribution is 2.14. The molecule has 0 N–H and O–H groups in total. The molecule has 0 aliphatic heterocycles. The van der Waals surface area contributed by atoms with Crippen LogP contribution in [0, 0.1) is 3.57 Å². The predicted octanol–water partition coefficient (Wildman–Crippen LogP) is 4.16. The fourth-order valence-corrected chi connectivity index (χ4v) is 1.88. The van der Waals surface area contributed by atoms with Gasteiger partial charge in [-0.1, -0.05) is 37.3 Å². The number of ether oxygens (including phenoxy) is 1. The van der Waals surface area contributed by atoms with E-state index < -0.39 is 0 Å². The maximum Gasteiger partial charge on any atom is 0.0757 e. The van der Waals surface area contributed by atoms with Crippen LogP contribution in [0.15, 0.2) is 36.4 Å². The molecular formula is C13H17IO. The number of rotatable bonds is 5. The Bertz CT molecular complexity index is 320. The van der Waals surface area contributed by atoms with E-state index in [2.05, 4.69) is 59.9 Å². The highest BCUT2D eigenvalue weighted by molar-refractivity contribution is 14.1. The second-order valence-electron chi connectivity index (χ2n) is 3.37. The summed E-state index contributed by atoms with van der Waals surface area (Å²) in [6.45, 7) is 4.86. The molecule has 0 spiro atoms. The monoisotopic (exact) mass is 316 g/mol. The van der Waals surface area contributed by atoms with Gasteiger partial charge in [0, 0.05) is 3.57 Å². The van der Waals surface area contributed by atoms with E-state index in [0.29, 0.717) is 6.61 Å². The average Bonchev–Trinajstić information content (AvgIpc) is 2.26. The van der Waals surface area contributed by atoms with E-state index in [-0.39, 0.29) is 6.10 Å². The van der Waals surface area contributed by atoms with Crippen LogP contribution in [0.5, 0.6) is 0 Å². The molecule has 0 radical (unpaired) electrons. The lowest BCUT2D eigenvalue weighted by Crippen LogP contribution is -2.08. The summed E-state index contributed by atoms with van der Waals surface area (Å²) in [7, 11) is 0. The summed E-state index contributed by atoms with van der Waals surface area (Å²) in [5, 5.41) is 0. The molecule has 0 aliphatic rings. The fraction of sp³-hybridized carbons (Fsp3) is 0.385. The van der Waals surface area contributed by atoms with Gasteiger partial charge < -0.3 is 4.74 Å². The lowest BCUT2D eigenvalue weighted by atomic mass is 10.2. The summed E-state index contributed by atoms with van der Waals surface area (Å²) in [4.78, 5) is 0. The van der Waals surface area contributed by atoms with E-state index in [0.717, 1.165) is 6.42 Å². The Morgan fingerprint density at radius 2 is 2.13 bits per heavy atom. The van der Waals surface area contributed by atoms with Crippen molar-refractivity contribution >= 4 is 22.6 Å². The number of benzene rings is 1. The molecule has 0 aliphatic carbocycles. The lowest BCUT2D eigenvalue weighted by molar-refractivity contribution is 0.0692. The van der Waals surface area contributed by atoms with Gasteiger partial charge in [-0.3, -0.25) is 0 Å². The Kier molecular flexibility index (Phi) is 5.95. The minimum atomic E-state index is 0.242. The van der Waals surface area contributed by atoms with Crippen molar-refractivity contribution in [2.24, 2.45) is 0 Å². The molecule has 1 aromatic carbocycles. The van der Waals surface area contributed by atoms with Crippen LogP contribution in [0.4, 0.5) is 0 Å². The number of allylic oxidation sites excluding steroid dienone is 1. The van der Waals surface area contributed by atoms with Crippen molar-refractivity contribution in [1.29, 1.82) is 0 Å². The quantitative estimate of drug-likeness (QED) is 0.585. The zero-order chi connectivity index (χ0) is 11.1. The summed E-state index contributed by atoms with van der Waals surface area (Å²) in [6.07, 6.45) is 5.42. The van der Waals surface area contributed by atoms with Crippen molar-refractivity contribution in [2.45, 2.75) is 33.0 Å². The van der Waals surface area contributed by atoms with Crippen LogP contribution in [0.3, 0.4) is 0 Å². The molecule has 0 amide bonds. The third-order valence-electron chi connectivity index (χ3n) is 2.22. The van der Waals surface area contributed by atoms with Crippen LogP contribution in [0.25, 0.3) is 0 Å². The maximum atomic E-state index is 5.81. The minimum Gasteiger partial charge on any atom is -0.369 e. The topological polar surface area (TPSA) is 9.23 Å². The summed E-state index contributed by atoms with van der Waals surface area (Å²) in [5.74, 6) is 0. The predicted molar refractivity (Wildman–Crippen MR) is 72.8 cm³/mol. The zero-order valence-electron chi connectivity index (χ0n) is 9.24. The molecule has 0 fully saturated rings. The first-order valence-electron chi connectivity index (χ1n) is 5.25. The average molecular weight is 316 g/mol. The van der Waals surface area contributed by atoms with Gasteiger partial charge in [0.05, 0.1) is 12.7 Å². The normalized spacial score (nSPS) is 13.3. The van der Waals surface area contributed by atoms with Crippen molar-refractivity contribution in [3.05, 3.63) is 45.6 Å². The van der Waals surface area contributed by atoms with Gasteiger partial charge in [0.15, 0.2) is 0 Å². The van der Waals surface area contributed by atoms with E-state index in [1.165, 1.54) is 9.13 Å². The molecule has 1 unspecified atom stereocenters. The Balaban J connectivity index is 2.52. The van der Waals surface area contributed by atoms with E-state index in [1.807, 2.05) is 13.0 Å². The first-order valence-corrected chi connectivity index (χ1v) is 6.33. The van der Waals surface area contributed by atoms with Crippen molar-refractivity contribution in [1.82, 2.24) is 0 Å². The number of hydrogen-bond donors (Lipinski definition) is 0. The summed E-state index contributed by atoms with van der Waals surface area (Å²) < 4.78 is 7.08. The second-order valence-corrected chi connectivity index (χ2v) is 4.54. The molecule has 82 valence electrons. The molecule has 0 heterocycles. The fourth-order valence-electron chi connectivity index (χ4n) is 1.34. The summed E-state index contributed by atoms with van der Waals surface area (Å²) in [5.41, 5.74) is 1.26. The number of hydrogen-bond acceptors (Lipinski definition) is 1. The van der Waals surface area contributed by atoms with Gasteiger partial charge in [-0.05, 0) is 47.6 Å². The van der Waals surface area contributed by atoms with E-state index in [9.17, 15) is 0 Å². The maximum absolute atomic E-state index is 5.81. The minimum absolute atomic E-state index is 0.242. The molecule has 0 aromatic heterocycles. The van der Waals surface area contributed by atoms with Crippen molar-refractivity contribution in [3.63, 3.8) is 0 Å². The van der Waals surface area contributed by atoms with Gasteiger partial charge in [0.25, 0.3) is 0 Å². The standard InChI is InChI=1S/C13H17IO/c1-3-7-12(4-2)15-10-11-8-5-6-9-13(11)14/h3,5-9,12H,4,10H2,1-2H3/b7-3-. The van der Waals surface area contributed by atoms with Gasteiger partial charge in [-0.2, -0.15) is 0 Å². The molecule has 0 bridgehead atoms. The summed E-state index contributed by atoms with van der Waals surface area (Å²) >= 11 is 2.34. The van der Waals surface area contributed by atoms with Crippen LogP contribution in [-0.2, 0) is 11.3 Å². The van der Waals surface area contributed by atoms with Crippen LogP contribution in [0.1, 0.15) is 25.8 Å². The van der Waals surface area contributed by atoms with Crippen LogP contribution < -0.4 is 0 Å². The molecular weight excluding hydrogens is 299 g/mol. The molecule has 1 nitrogen and oxygen atoms in total. The molecule has 1 atom stereocenters. The SMILES string of the molecule is C/C=C\C(CC)OCc1ccccc1I. The third-order valence-corrected chi connectivity index (χ3v) is 3.27. The van der Waals surface area contributed by atoms with Gasteiger partial charge in [-0.15, -0.1) is 0 Å². The molecule has 1 aromatic rings. The van der Waals surface area contributed by atoms with E-state index in [4.69, 9.17) is 4.74 Å². The molecule has 15 heavy (non-hydrogen) atoms. The Morgan fingerprint density at radius 1 is 1.40 bits per heavy atom. The van der Waals surface area contributed by atoms with E-state index >= 15 is 0 Å². The largest absolute Gasteiger partial charge is 0.369 e. The summed E-state index contributed by atoms with van der Waals surface area (Å²) in [6, 6.07) is 8.33. The van der Waals surface area contributed by atoms with Gasteiger partial charge in [-0.25, -0.2) is 0 Å². The Morgan fingerprint density at radius 3 is 2.73 bits per heavy atom. The molecule has 0 saturated carbocycles. The Hall–Kier alpha value is -0.350. The number of halogens is 1. The van der Waals surface area contributed by atoms with E-state index in [1.54, 1.807) is 0 Å². The molecule has 2 heteroatoms. The van der Waals surface area contributed by atoms with Gasteiger partial charge >= 0.3 is 0 Å². The van der Waals surface area contributed by atoms with Gasteiger partial charge in [0.1, 0.15) is 0 Å². The van der Waals surface area contributed by atoms with Crippen LogP contribution in [0.2, 0.25) is 0 Å². The third kappa shape index (κ3) is 4.34. The molecule has 1 rings (SSSR count). The first-order chi connectivity index (χ1) is 7.27. The second kappa shape index (κ2) is 7.01.